The molecule has 0 aromatic carbocycles. The van der Waals surface area contributed by atoms with Gasteiger partial charge >= 0.3 is 0 Å². The summed E-state index contributed by atoms with van der Waals surface area (Å²) in [7, 11) is 1.50. The van der Waals surface area contributed by atoms with Gasteiger partial charge in [0.2, 0.25) is 5.91 Å². The van der Waals surface area contributed by atoms with E-state index in [4.69, 9.17) is 0 Å². The third-order valence-electron chi connectivity index (χ3n) is 3.27. The van der Waals surface area contributed by atoms with E-state index in [0.29, 0.717) is 12.1 Å². The Labute approximate surface area is 92.4 Å². The van der Waals surface area contributed by atoms with Crippen LogP contribution in [0, 0.1) is 0 Å². The Morgan fingerprint density at radius 2 is 2.00 bits per heavy atom. The molecule has 0 saturated carbocycles. The lowest BCUT2D eigenvalue weighted by molar-refractivity contribution is -0.131. The van der Waals surface area contributed by atoms with Gasteiger partial charge in [0.15, 0.2) is 0 Å². The molecule has 4 nitrogen and oxygen atoms in total. The van der Waals surface area contributed by atoms with E-state index >= 15 is 0 Å². The molecule has 0 aliphatic carbocycles. The van der Waals surface area contributed by atoms with Crippen LogP contribution >= 0.6 is 0 Å². The first kappa shape index (κ1) is 12.5. The molecule has 0 aromatic heterocycles. The van der Waals surface area contributed by atoms with Crippen LogP contribution in [0.4, 0.5) is 0 Å². The van der Waals surface area contributed by atoms with Gasteiger partial charge < -0.3 is 10.6 Å². The third-order valence-corrected chi connectivity index (χ3v) is 3.27. The molecule has 2 aliphatic rings. The van der Waals surface area contributed by atoms with Crippen LogP contribution in [0.2, 0.25) is 0 Å². The second kappa shape index (κ2) is 5.47. The Balaban J connectivity index is 0.000000531. The Morgan fingerprint density at radius 3 is 2.40 bits per heavy atom. The molecule has 4 heteroatoms. The Kier molecular flexibility index (Phi) is 4.54. The summed E-state index contributed by atoms with van der Waals surface area (Å²) >= 11 is 0. The van der Waals surface area contributed by atoms with Gasteiger partial charge in [0.05, 0.1) is 0 Å². The summed E-state index contributed by atoms with van der Waals surface area (Å²) in [5, 5.41) is 0. The monoisotopic (exact) mass is 213 g/mol. The van der Waals surface area contributed by atoms with Crippen LogP contribution < -0.4 is 5.73 Å². The summed E-state index contributed by atoms with van der Waals surface area (Å²) < 4.78 is 0. The normalized spacial score (nSPS) is 28.9. The Hall–Kier alpha value is -0.610. The van der Waals surface area contributed by atoms with E-state index in [1.165, 1.54) is 26.4 Å². The van der Waals surface area contributed by atoms with Crippen molar-refractivity contribution in [2.75, 3.05) is 26.7 Å². The fourth-order valence-corrected chi connectivity index (χ4v) is 2.70. The predicted molar refractivity (Wildman–Crippen MR) is 61.6 cm³/mol. The van der Waals surface area contributed by atoms with Crippen molar-refractivity contribution < 1.29 is 4.79 Å². The summed E-state index contributed by atoms with van der Waals surface area (Å²) in [6, 6.07) is 1.18. The summed E-state index contributed by atoms with van der Waals surface area (Å²) in [6.45, 7) is 7.19. The van der Waals surface area contributed by atoms with Crippen LogP contribution in [0.3, 0.4) is 0 Å². The van der Waals surface area contributed by atoms with Crippen LogP contribution in [0.5, 0.6) is 0 Å². The molecule has 88 valence electrons. The van der Waals surface area contributed by atoms with Gasteiger partial charge in [-0.1, -0.05) is 6.92 Å². The Bertz CT molecular complexity index is 220. The molecular weight excluding hydrogens is 190 g/mol. The first-order valence-corrected chi connectivity index (χ1v) is 5.81. The maximum atomic E-state index is 11.2. The number of nitrogens with two attached hydrogens (primary N) is 1. The third kappa shape index (κ3) is 2.49. The number of carbonyl (C=O) groups is 1. The van der Waals surface area contributed by atoms with E-state index < -0.39 is 0 Å². The second-order valence-corrected chi connectivity index (χ2v) is 4.21. The van der Waals surface area contributed by atoms with Crippen molar-refractivity contribution in [3.63, 3.8) is 0 Å². The van der Waals surface area contributed by atoms with Gasteiger partial charge in [-0.2, -0.15) is 0 Å². The topological polar surface area (TPSA) is 49.6 Å². The van der Waals surface area contributed by atoms with Crippen molar-refractivity contribution in [3.8, 4) is 0 Å². The van der Waals surface area contributed by atoms with E-state index in [0.717, 1.165) is 13.1 Å². The number of hydrogen-bond donors (Lipinski definition) is 1. The van der Waals surface area contributed by atoms with Crippen LogP contribution in [0.1, 0.15) is 26.7 Å². The van der Waals surface area contributed by atoms with Gasteiger partial charge in [0.1, 0.15) is 0 Å². The van der Waals surface area contributed by atoms with E-state index in [-0.39, 0.29) is 5.91 Å². The molecule has 0 aromatic rings. The number of hydrogen-bond acceptors (Lipinski definition) is 3. The molecule has 2 atom stereocenters. The molecule has 2 fully saturated rings. The first-order chi connectivity index (χ1) is 7.22. The van der Waals surface area contributed by atoms with E-state index in [1.54, 1.807) is 6.92 Å². The van der Waals surface area contributed by atoms with E-state index in [2.05, 4.69) is 17.6 Å². The molecule has 1 amide bonds. The fraction of sp³-hybridized carbons (Fsp3) is 0.909. The van der Waals surface area contributed by atoms with E-state index in [9.17, 15) is 4.79 Å². The van der Waals surface area contributed by atoms with Crippen molar-refractivity contribution in [1.82, 2.24) is 9.80 Å². The van der Waals surface area contributed by atoms with Gasteiger partial charge in [0, 0.05) is 32.1 Å². The molecule has 2 rings (SSSR count). The fourth-order valence-electron chi connectivity index (χ4n) is 2.70. The second-order valence-electron chi connectivity index (χ2n) is 4.21. The molecular formula is C11H23N3O. The largest absolute Gasteiger partial charge is 0.337 e. The number of piperazine rings is 1. The number of nitrogens with zero attached hydrogens (tertiary/aromatic N) is 2. The van der Waals surface area contributed by atoms with E-state index in [1.807, 2.05) is 4.90 Å². The molecule has 2 N–H and O–H groups in total. The standard InChI is InChI=1S/C10H18N2O.CH5N/c1-3-4-11-6-10-5-9(11)7-12(10)8(2)13;1-2/h9-10H,3-7H2,1-2H3;2H2,1H3/t9-,10-;/m0./s1. The van der Waals surface area contributed by atoms with Crippen LogP contribution in [-0.2, 0) is 4.79 Å². The minimum atomic E-state index is 0.253. The smallest absolute Gasteiger partial charge is 0.219 e. The van der Waals surface area contributed by atoms with Crippen LogP contribution in [-0.4, -0.2) is 54.5 Å². The minimum absolute atomic E-state index is 0.253. The van der Waals surface area contributed by atoms with Crippen molar-refractivity contribution in [1.29, 1.82) is 0 Å². The summed E-state index contributed by atoms with van der Waals surface area (Å²) in [6.07, 6.45) is 2.43. The number of likely N-dealkylation sites (tertiary alicyclic amines) is 2. The Morgan fingerprint density at radius 1 is 1.33 bits per heavy atom. The number of amides is 1. The van der Waals surface area contributed by atoms with Gasteiger partial charge in [-0.3, -0.25) is 9.69 Å². The van der Waals surface area contributed by atoms with Gasteiger partial charge in [0.25, 0.3) is 0 Å². The number of carbonyl (C=O) groups excluding carboxylic acids is 1. The molecule has 0 radical (unpaired) electrons. The van der Waals surface area contributed by atoms with Crippen LogP contribution in [0.25, 0.3) is 0 Å². The van der Waals surface area contributed by atoms with Crippen molar-refractivity contribution in [2.24, 2.45) is 5.73 Å². The summed E-state index contributed by atoms with van der Waals surface area (Å²) in [5.74, 6) is 0.253. The molecule has 0 unspecified atom stereocenters. The van der Waals surface area contributed by atoms with Crippen molar-refractivity contribution in [2.45, 2.75) is 38.8 Å². The summed E-state index contributed by atoms with van der Waals surface area (Å²) in [4.78, 5) is 15.8. The highest BCUT2D eigenvalue weighted by Crippen LogP contribution is 2.30. The molecule has 2 bridgehead atoms. The first-order valence-electron chi connectivity index (χ1n) is 5.81. The van der Waals surface area contributed by atoms with Crippen LogP contribution in [0.15, 0.2) is 0 Å². The van der Waals surface area contributed by atoms with Gasteiger partial charge in [-0.25, -0.2) is 0 Å². The number of rotatable bonds is 2. The zero-order valence-corrected chi connectivity index (χ0v) is 10.1. The average molecular weight is 213 g/mol. The highest BCUT2D eigenvalue weighted by atomic mass is 16.2. The van der Waals surface area contributed by atoms with Gasteiger partial charge in [-0.15, -0.1) is 0 Å². The predicted octanol–water partition coefficient (Wildman–Crippen LogP) is 0.276. The SMILES string of the molecule is CCCN1C[C@@H]2C[C@H]1CN2C(C)=O.CN. The lowest BCUT2D eigenvalue weighted by atomic mass is 10.2. The molecule has 15 heavy (non-hydrogen) atoms. The molecule has 2 saturated heterocycles. The lowest BCUT2D eigenvalue weighted by Gasteiger charge is -2.33. The van der Waals surface area contributed by atoms with Crippen molar-refractivity contribution >= 4 is 5.91 Å². The molecule has 2 aliphatic heterocycles. The lowest BCUT2D eigenvalue weighted by Crippen LogP contribution is -2.48. The van der Waals surface area contributed by atoms with Gasteiger partial charge in [-0.05, 0) is 26.4 Å². The molecule has 0 spiro atoms. The maximum absolute atomic E-state index is 11.2. The highest BCUT2D eigenvalue weighted by molar-refractivity contribution is 5.74. The highest BCUT2D eigenvalue weighted by Gasteiger charge is 2.43. The average Bonchev–Trinajstić information content (AvgIpc) is 2.80. The summed E-state index contributed by atoms with van der Waals surface area (Å²) in [5.41, 5.74) is 4.50. The number of fused-ring (bicyclic) bond motifs is 2. The maximum Gasteiger partial charge on any atom is 0.219 e. The zero-order chi connectivity index (χ0) is 11.4. The molecule has 2 heterocycles. The quantitative estimate of drug-likeness (QED) is 0.716. The zero-order valence-electron chi connectivity index (χ0n) is 10.1. The minimum Gasteiger partial charge on any atom is -0.337 e. The van der Waals surface area contributed by atoms with Crippen molar-refractivity contribution in [3.05, 3.63) is 0 Å².